The highest BCUT2D eigenvalue weighted by atomic mass is 16.2. The lowest BCUT2D eigenvalue weighted by atomic mass is 9.49. The molecule has 19 heavy (non-hydrogen) atoms. The van der Waals surface area contributed by atoms with E-state index in [1.165, 1.54) is 6.42 Å². The van der Waals surface area contributed by atoms with E-state index in [0.29, 0.717) is 12.3 Å². The summed E-state index contributed by atoms with van der Waals surface area (Å²) in [7, 11) is 0. The first-order valence-corrected chi connectivity index (χ1v) is 7.62. The molecule has 108 valence electrons. The summed E-state index contributed by atoms with van der Waals surface area (Å²) in [4.78, 5) is 24.3. The molecule has 3 heteroatoms. The molecular weight excluding hydrogens is 238 g/mol. The van der Waals surface area contributed by atoms with Crippen molar-refractivity contribution in [2.45, 2.75) is 66.2 Å². The fourth-order valence-electron chi connectivity index (χ4n) is 4.30. The molecule has 2 rings (SSSR count). The number of carbonyl (C=O) groups excluding carboxylic acids is 2. The maximum Gasteiger partial charge on any atom is 0.230 e. The van der Waals surface area contributed by atoms with Crippen molar-refractivity contribution < 1.29 is 9.59 Å². The van der Waals surface area contributed by atoms with Gasteiger partial charge in [0.05, 0.1) is 0 Å². The van der Waals surface area contributed by atoms with E-state index in [1.54, 1.807) is 0 Å². The zero-order valence-electron chi connectivity index (χ0n) is 12.7. The third-order valence-corrected chi connectivity index (χ3v) is 5.45. The van der Waals surface area contributed by atoms with Crippen LogP contribution in [-0.2, 0) is 9.59 Å². The Morgan fingerprint density at radius 3 is 2.42 bits per heavy atom. The van der Waals surface area contributed by atoms with Gasteiger partial charge in [0.15, 0.2) is 0 Å². The van der Waals surface area contributed by atoms with Crippen LogP contribution in [-0.4, -0.2) is 11.8 Å². The second-order valence-corrected chi connectivity index (χ2v) is 7.52. The van der Waals surface area contributed by atoms with Crippen molar-refractivity contribution in [2.24, 2.45) is 22.7 Å². The van der Waals surface area contributed by atoms with Gasteiger partial charge in [-0.25, -0.2) is 0 Å². The maximum atomic E-state index is 12.4. The summed E-state index contributed by atoms with van der Waals surface area (Å²) >= 11 is 0. The molecule has 0 radical (unpaired) electrons. The molecular formula is C16H27NO2. The number of imide groups is 1. The SMILES string of the molecule is CC(C)CC1C(=O)NC(=O)CC12CCCCC2(C)C. The Balaban J connectivity index is 2.40. The average molecular weight is 265 g/mol. The van der Waals surface area contributed by atoms with Gasteiger partial charge in [-0.15, -0.1) is 0 Å². The van der Waals surface area contributed by atoms with E-state index in [1.807, 2.05) is 0 Å². The van der Waals surface area contributed by atoms with Crippen LogP contribution in [0.3, 0.4) is 0 Å². The van der Waals surface area contributed by atoms with Gasteiger partial charge in [-0.1, -0.05) is 40.5 Å². The Morgan fingerprint density at radius 2 is 1.84 bits per heavy atom. The van der Waals surface area contributed by atoms with Crippen LogP contribution in [0.2, 0.25) is 0 Å². The summed E-state index contributed by atoms with van der Waals surface area (Å²) < 4.78 is 0. The number of hydrogen-bond donors (Lipinski definition) is 1. The van der Waals surface area contributed by atoms with Gasteiger partial charge >= 0.3 is 0 Å². The Hall–Kier alpha value is -0.860. The van der Waals surface area contributed by atoms with E-state index in [2.05, 4.69) is 33.0 Å². The lowest BCUT2D eigenvalue weighted by Crippen LogP contribution is -2.59. The monoisotopic (exact) mass is 265 g/mol. The van der Waals surface area contributed by atoms with Gasteiger partial charge in [-0.05, 0) is 36.0 Å². The first kappa shape index (κ1) is 14.5. The normalized spacial score (nSPS) is 34.7. The first-order chi connectivity index (χ1) is 8.78. The summed E-state index contributed by atoms with van der Waals surface area (Å²) in [6.45, 7) is 8.83. The van der Waals surface area contributed by atoms with Crippen LogP contribution in [0.4, 0.5) is 0 Å². The van der Waals surface area contributed by atoms with E-state index >= 15 is 0 Å². The molecule has 1 spiro atoms. The van der Waals surface area contributed by atoms with Crippen LogP contribution in [0.25, 0.3) is 0 Å². The number of nitrogens with one attached hydrogen (secondary N) is 1. The number of amides is 2. The molecule has 1 aliphatic carbocycles. The minimum Gasteiger partial charge on any atom is -0.296 e. The van der Waals surface area contributed by atoms with Crippen molar-refractivity contribution in [1.82, 2.24) is 5.32 Å². The molecule has 1 heterocycles. The lowest BCUT2D eigenvalue weighted by molar-refractivity contribution is -0.156. The molecule has 0 aromatic heterocycles. The number of piperidine rings is 1. The number of hydrogen-bond acceptors (Lipinski definition) is 2. The van der Waals surface area contributed by atoms with Crippen LogP contribution in [0.1, 0.15) is 66.2 Å². The third kappa shape index (κ3) is 2.44. The van der Waals surface area contributed by atoms with Crippen LogP contribution >= 0.6 is 0 Å². The molecule has 1 N–H and O–H groups in total. The zero-order chi connectivity index (χ0) is 14.3. The summed E-state index contributed by atoms with van der Waals surface area (Å²) in [6.07, 6.45) is 5.95. The van der Waals surface area contributed by atoms with Gasteiger partial charge < -0.3 is 0 Å². The minimum absolute atomic E-state index is 0.000463. The smallest absolute Gasteiger partial charge is 0.230 e. The van der Waals surface area contributed by atoms with Gasteiger partial charge in [0.1, 0.15) is 0 Å². The van der Waals surface area contributed by atoms with Gasteiger partial charge in [-0.3, -0.25) is 14.9 Å². The molecule has 0 aromatic rings. The molecule has 2 unspecified atom stereocenters. The van der Waals surface area contributed by atoms with Gasteiger partial charge in [0.25, 0.3) is 0 Å². The zero-order valence-corrected chi connectivity index (χ0v) is 12.7. The molecule has 2 amide bonds. The van der Waals surface area contributed by atoms with E-state index < -0.39 is 0 Å². The average Bonchev–Trinajstić information content (AvgIpc) is 2.27. The Labute approximate surface area is 116 Å². The van der Waals surface area contributed by atoms with Crippen molar-refractivity contribution in [3.05, 3.63) is 0 Å². The molecule has 0 bridgehead atoms. The Morgan fingerprint density at radius 1 is 1.21 bits per heavy atom. The first-order valence-electron chi connectivity index (χ1n) is 7.62. The van der Waals surface area contributed by atoms with Crippen LogP contribution in [0.15, 0.2) is 0 Å². The number of carbonyl (C=O) groups is 2. The predicted octanol–water partition coefficient (Wildman–Crippen LogP) is 3.28. The van der Waals surface area contributed by atoms with Crippen LogP contribution in [0.5, 0.6) is 0 Å². The highest BCUT2D eigenvalue weighted by Gasteiger charge is 2.56. The Kier molecular flexibility index (Phi) is 3.76. The van der Waals surface area contributed by atoms with Crippen molar-refractivity contribution in [1.29, 1.82) is 0 Å². The van der Waals surface area contributed by atoms with Crippen LogP contribution in [0, 0.1) is 22.7 Å². The van der Waals surface area contributed by atoms with Gasteiger partial charge in [0.2, 0.25) is 11.8 Å². The second kappa shape index (κ2) is 4.92. The molecule has 2 fully saturated rings. The topological polar surface area (TPSA) is 46.2 Å². The fourth-order valence-corrected chi connectivity index (χ4v) is 4.30. The molecule has 2 aliphatic rings. The standard InChI is InChI=1S/C16H27NO2/c1-11(2)9-12-14(19)17-13(18)10-16(12)8-6-5-7-15(16,3)4/h11-12H,5-10H2,1-4H3,(H,17,18,19). The summed E-state index contributed by atoms with van der Waals surface area (Å²) in [6, 6.07) is 0. The largest absolute Gasteiger partial charge is 0.296 e. The van der Waals surface area contributed by atoms with E-state index in [0.717, 1.165) is 25.7 Å². The molecule has 1 saturated carbocycles. The summed E-state index contributed by atoms with van der Waals surface area (Å²) in [5.74, 6) is 0.388. The molecule has 1 saturated heterocycles. The van der Waals surface area contributed by atoms with Crippen molar-refractivity contribution in [3.8, 4) is 0 Å². The highest BCUT2D eigenvalue weighted by Crippen LogP contribution is 2.59. The van der Waals surface area contributed by atoms with E-state index in [-0.39, 0.29) is 28.6 Å². The Bertz CT molecular complexity index is 386. The molecule has 2 atom stereocenters. The maximum absolute atomic E-state index is 12.4. The second-order valence-electron chi connectivity index (χ2n) is 7.52. The van der Waals surface area contributed by atoms with Gasteiger partial charge in [-0.2, -0.15) is 0 Å². The molecule has 0 aromatic carbocycles. The van der Waals surface area contributed by atoms with E-state index in [9.17, 15) is 9.59 Å². The van der Waals surface area contributed by atoms with Crippen molar-refractivity contribution in [2.75, 3.05) is 0 Å². The van der Waals surface area contributed by atoms with Crippen molar-refractivity contribution in [3.63, 3.8) is 0 Å². The van der Waals surface area contributed by atoms with Crippen LogP contribution < -0.4 is 5.32 Å². The van der Waals surface area contributed by atoms with E-state index in [4.69, 9.17) is 0 Å². The highest BCUT2D eigenvalue weighted by molar-refractivity contribution is 5.99. The molecule has 1 aliphatic heterocycles. The predicted molar refractivity (Wildman–Crippen MR) is 75.4 cm³/mol. The summed E-state index contributed by atoms with van der Waals surface area (Å²) in [5, 5.41) is 2.57. The third-order valence-electron chi connectivity index (χ3n) is 5.45. The fraction of sp³-hybridized carbons (Fsp3) is 0.875. The quantitative estimate of drug-likeness (QED) is 0.779. The minimum atomic E-state index is -0.116. The van der Waals surface area contributed by atoms with Gasteiger partial charge in [0, 0.05) is 12.3 Å². The summed E-state index contributed by atoms with van der Waals surface area (Å²) in [5.41, 5.74) is -0.0346. The van der Waals surface area contributed by atoms with Crippen molar-refractivity contribution >= 4 is 11.8 Å². The number of rotatable bonds is 2. The lowest BCUT2D eigenvalue weighted by Gasteiger charge is -2.56. The molecule has 3 nitrogen and oxygen atoms in total.